The van der Waals surface area contributed by atoms with Crippen molar-refractivity contribution in [2.24, 2.45) is 0 Å². The summed E-state index contributed by atoms with van der Waals surface area (Å²) < 4.78 is 34.6. The van der Waals surface area contributed by atoms with E-state index in [0.29, 0.717) is 0 Å². The van der Waals surface area contributed by atoms with Crippen LogP contribution in [0.15, 0.2) is 0 Å². The Morgan fingerprint density at radius 1 is 0.536 bits per heavy atom. The number of hydrogen-bond donors (Lipinski definition) is 0. The second-order valence-electron chi connectivity index (χ2n) is 9.73. The Morgan fingerprint density at radius 3 is 1.25 bits per heavy atom. The van der Waals surface area contributed by atoms with E-state index in [1.807, 2.05) is 0 Å². The van der Waals surface area contributed by atoms with Crippen molar-refractivity contribution < 1.29 is 47.0 Å². The first-order valence-corrected chi connectivity index (χ1v) is 21.4. The van der Waals surface area contributed by atoms with Gasteiger partial charge < -0.3 is 0 Å². The van der Waals surface area contributed by atoms with Gasteiger partial charge in [-0.1, -0.05) is 0 Å². The van der Waals surface area contributed by atoms with Crippen molar-refractivity contribution in [2.75, 3.05) is 33.0 Å². The van der Waals surface area contributed by atoms with E-state index in [0.717, 1.165) is 97.2 Å². The molecule has 28 heavy (non-hydrogen) atoms. The third kappa shape index (κ3) is 1.99. The van der Waals surface area contributed by atoms with Crippen LogP contribution in [-0.2, 0) is 47.0 Å². The van der Waals surface area contributed by atoms with Gasteiger partial charge in [0.25, 0.3) is 0 Å². The molecule has 0 amide bonds. The van der Waals surface area contributed by atoms with Crippen molar-refractivity contribution in [3.05, 3.63) is 0 Å². The standard InChI is InChI=1S/C21H31O5.ClH.Hg/c1-6-17(22-11-1)16-18(7-2-12-23-18)20(9-4-14-25-20)21(10-5-15-26-21)19(17)8-3-13-24-19;;/h16H,1-15H2;1H;/q;;+1/p-1/t17-,18+,19+,20-,21?;;. The molecule has 1 aliphatic carbocycles. The average molecular weight is 600 g/mol. The molecular weight excluding hydrogens is 568 g/mol. The first kappa shape index (κ1) is 19.7. The Kier molecular flexibility index (Phi) is 4.75. The van der Waals surface area contributed by atoms with Gasteiger partial charge in [0.15, 0.2) is 0 Å². The predicted octanol–water partition coefficient (Wildman–Crippen LogP) is 3.77. The summed E-state index contributed by atoms with van der Waals surface area (Å²) in [6, 6.07) is 0. The molecule has 154 valence electrons. The van der Waals surface area contributed by atoms with Crippen LogP contribution in [0.25, 0.3) is 0 Å². The zero-order valence-corrected chi connectivity index (χ0v) is 23.1. The summed E-state index contributed by atoms with van der Waals surface area (Å²) in [7, 11) is 7.05. The summed E-state index contributed by atoms with van der Waals surface area (Å²) in [5.41, 5.74) is -1.97. The van der Waals surface area contributed by atoms with Crippen molar-refractivity contribution in [1.82, 2.24) is 0 Å². The first-order chi connectivity index (χ1) is 13.7. The second-order valence-corrected chi connectivity index (χ2v) is 16.8. The summed E-state index contributed by atoms with van der Waals surface area (Å²) >= 11 is -1.85. The van der Waals surface area contributed by atoms with Gasteiger partial charge in [0.1, 0.15) is 0 Å². The average Bonchev–Trinajstić information content (AvgIpc) is 3.54. The fraction of sp³-hybridized carbons (Fsp3) is 1.00. The van der Waals surface area contributed by atoms with Crippen LogP contribution in [0, 0.1) is 0 Å². The Balaban J connectivity index is 1.66. The molecule has 7 heteroatoms. The third-order valence-corrected chi connectivity index (χ3v) is 18.2. The van der Waals surface area contributed by atoms with Crippen molar-refractivity contribution in [2.45, 2.75) is 95.6 Å². The van der Waals surface area contributed by atoms with E-state index in [2.05, 4.69) is 0 Å². The molecule has 0 radical (unpaired) electrons. The summed E-state index contributed by atoms with van der Waals surface area (Å²) in [5.74, 6) is 0. The molecule has 5 nitrogen and oxygen atoms in total. The molecule has 0 aromatic carbocycles. The second kappa shape index (κ2) is 6.76. The molecule has 2 unspecified atom stereocenters. The Labute approximate surface area is 183 Å². The SMILES string of the molecule is [Cl][Hg][CH]1[C@@]2(CCCO2)[C@]2(CCCO2)C2(CCCO2)[C@]2(CCCO2)[C@@]12CCCO2. The zero-order valence-electron chi connectivity index (χ0n) is 16.8. The Morgan fingerprint density at radius 2 is 0.929 bits per heavy atom. The van der Waals surface area contributed by atoms with Crippen molar-refractivity contribution in [1.29, 1.82) is 0 Å². The van der Waals surface area contributed by atoms with Gasteiger partial charge in [-0.25, -0.2) is 0 Å². The minimum atomic E-state index is -1.85. The van der Waals surface area contributed by atoms with E-state index < -0.39 is 40.1 Å². The Bertz CT molecular complexity index is 566. The van der Waals surface area contributed by atoms with Crippen LogP contribution < -0.4 is 0 Å². The van der Waals surface area contributed by atoms with Crippen LogP contribution in [0.3, 0.4) is 0 Å². The van der Waals surface area contributed by atoms with E-state index >= 15 is 0 Å². The van der Waals surface area contributed by atoms with E-state index in [1.165, 1.54) is 0 Å². The number of halogens is 1. The van der Waals surface area contributed by atoms with E-state index in [-0.39, 0.29) is 14.6 Å². The predicted molar refractivity (Wildman–Crippen MR) is 99.2 cm³/mol. The number of rotatable bonds is 1. The number of fused-ring (bicyclic) bond motifs is 4. The summed E-state index contributed by atoms with van der Waals surface area (Å²) in [4.78, 5) is 0. The molecule has 6 atom stereocenters. The van der Waals surface area contributed by atoms with Gasteiger partial charge >= 0.3 is 184 Å². The van der Waals surface area contributed by atoms with Crippen LogP contribution in [0.4, 0.5) is 0 Å². The van der Waals surface area contributed by atoms with Gasteiger partial charge in [0.2, 0.25) is 0 Å². The molecule has 6 fully saturated rings. The summed E-state index contributed by atoms with van der Waals surface area (Å²) in [6.45, 7) is 4.01. The van der Waals surface area contributed by atoms with Crippen LogP contribution in [0.2, 0.25) is 3.43 Å². The van der Waals surface area contributed by atoms with Gasteiger partial charge in [-0.3, -0.25) is 0 Å². The number of hydrogen-bond acceptors (Lipinski definition) is 5. The van der Waals surface area contributed by atoms with E-state index in [9.17, 15) is 0 Å². The molecule has 1 saturated carbocycles. The van der Waals surface area contributed by atoms with Crippen LogP contribution in [0.5, 0.6) is 0 Å². The monoisotopic (exact) mass is 600 g/mol. The molecule has 5 aliphatic heterocycles. The number of ether oxygens (including phenoxy) is 5. The zero-order chi connectivity index (χ0) is 18.9. The van der Waals surface area contributed by atoms with Gasteiger partial charge in [0.05, 0.1) is 0 Å². The van der Waals surface area contributed by atoms with Crippen LogP contribution in [0.1, 0.15) is 64.2 Å². The molecular formula is C21H31ClHgO5. The van der Waals surface area contributed by atoms with Gasteiger partial charge in [-0.15, -0.1) is 0 Å². The van der Waals surface area contributed by atoms with E-state index in [4.69, 9.17) is 31.9 Å². The maximum absolute atomic E-state index is 7.05. The van der Waals surface area contributed by atoms with Gasteiger partial charge in [-0.2, -0.15) is 0 Å². The fourth-order valence-corrected chi connectivity index (χ4v) is 19.9. The molecule has 0 bridgehead atoms. The van der Waals surface area contributed by atoms with Gasteiger partial charge in [-0.05, 0) is 0 Å². The molecule has 0 N–H and O–H groups in total. The van der Waals surface area contributed by atoms with Crippen molar-refractivity contribution in [3.63, 3.8) is 0 Å². The minimum absolute atomic E-state index is 0.290. The molecule has 5 saturated heterocycles. The Hall–Kier alpha value is 1.03. The molecule has 0 aromatic rings. The molecule has 5 heterocycles. The molecule has 6 aliphatic rings. The molecule has 0 aromatic heterocycles. The normalized spacial score (nSPS) is 55.5. The first-order valence-electron chi connectivity index (χ1n) is 11.5. The van der Waals surface area contributed by atoms with Gasteiger partial charge in [0, 0.05) is 0 Å². The van der Waals surface area contributed by atoms with Crippen molar-refractivity contribution in [3.8, 4) is 0 Å². The summed E-state index contributed by atoms with van der Waals surface area (Å²) in [5, 5.41) is 0. The topological polar surface area (TPSA) is 46.2 Å². The van der Waals surface area contributed by atoms with Crippen molar-refractivity contribution >= 4 is 8.25 Å². The van der Waals surface area contributed by atoms with E-state index in [1.54, 1.807) is 0 Å². The van der Waals surface area contributed by atoms with Crippen LogP contribution >= 0.6 is 8.25 Å². The summed E-state index contributed by atoms with van der Waals surface area (Å²) in [6.07, 6.45) is 10.5. The molecule has 6 rings (SSSR count). The third-order valence-electron chi connectivity index (χ3n) is 9.12. The van der Waals surface area contributed by atoms with Crippen LogP contribution in [-0.4, -0.2) is 61.0 Å². The quantitative estimate of drug-likeness (QED) is 0.430. The maximum atomic E-state index is 7.05. The molecule has 5 spiro atoms. The fourth-order valence-electron chi connectivity index (χ4n) is 8.57.